The monoisotopic (exact) mass is 750 g/mol. The van der Waals surface area contributed by atoms with Crippen LogP contribution in [0.15, 0.2) is 218 Å². The molecule has 0 atom stereocenters. The van der Waals surface area contributed by atoms with Crippen LogP contribution in [0.4, 0.5) is 42.9 Å². The van der Waals surface area contributed by atoms with Crippen molar-refractivity contribution in [1.29, 1.82) is 0 Å². The van der Waals surface area contributed by atoms with Crippen LogP contribution in [0.3, 0.4) is 0 Å². The van der Waals surface area contributed by atoms with E-state index in [0.717, 1.165) is 77.3 Å². The molecule has 0 bridgehead atoms. The van der Waals surface area contributed by atoms with E-state index in [4.69, 9.17) is 0 Å². The largest absolute Gasteiger partial charge is 0.307 e. The first-order valence-corrected chi connectivity index (χ1v) is 19.4. The van der Waals surface area contributed by atoms with Gasteiger partial charge in [-0.05, 0) is 104 Å². The van der Waals surface area contributed by atoms with Crippen LogP contribution in [-0.4, -0.2) is 0 Å². The average Bonchev–Trinajstić information content (AvgIpc) is 3.29. The highest BCUT2D eigenvalue weighted by molar-refractivity contribution is 6.24. The summed E-state index contributed by atoms with van der Waals surface area (Å²) in [6.07, 6.45) is 0. The van der Waals surface area contributed by atoms with E-state index in [1.165, 1.54) is 0 Å². The zero-order valence-electron chi connectivity index (χ0n) is 31.4. The minimum Gasteiger partial charge on any atom is -0.307 e. The van der Waals surface area contributed by atoms with Crippen LogP contribution in [0.25, 0.3) is 54.6 Å². The number of anilines is 6. The Kier molecular flexibility index (Phi) is 8.92. The molecule has 0 aliphatic heterocycles. The standard InChI is InChI=1S/C54H36F2N2/c55-49-33-39(37-17-5-1-6-18-37)29-31-51(49)57(41-21-9-3-10-22-41)53-35-47-44-26-14-16-28-46(44)54(36-48(47)43-25-13-15-27-45(43)53)58(42-23-11-4-12-24-42)52-32-30-40(34-50(52)56)38-19-7-2-8-20-38/h1-36H. The number of halogens is 2. The number of hydrogen-bond donors (Lipinski definition) is 0. The molecular weight excluding hydrogens is 715 g/mol. The van der Waals surface area contributed by atoms with Gasteiger partial charge in [-0.1, -0.05) is 158 Å². The van der Waals surface area contributed by atoms with Gasteiger partial charge in [0.15, 0.2) is 0 Å². The number of nitrogens with zero attached hydrogens (tertiary/aromatic N) is 2. The molecule has 0 fully saturated rings. The van der Waals surface area contributed by atoms with E-state index < -0.39 is 0 Å². The maximum absolute atomic E-state index is 16.7. The van der Waals surface area contributed by atoms with E-state index in [0.29, 0.717) is 11.4 Å². The van der Waals surface area contributed by atoms with E-state index in [9.17, 15) is 0 Å². The number of hydrogen-bond acceptors (Lipinski definition) is 2. The molecule has 0 N–H and O–H groups in total. The van der Waals surface area contributed by atoms with E-state index in [1.807, 2.05) is 180 Å². The maximum Gasteiger partial charge on any atom is 0.147 e. The first kappa shape index (κ1) is 34.9. The summed E-state index contributed by atoms with van der Waals surface area (Å²) in [5.41, 5.74) is 7.79. The van der Waals surface area contributed by atoms with Gasteiger partial charge in [0.05, 0.1) is 22.7 Å². The first-order valence-electron chi connectivity index (χ1n) is 19.4. The lowest BCUT2D eigenvalue weighted by Gasteiger charge is -2.30. The summed E-state index contributed by atoms with van der Waals surface area (Å²) >= 11 is 0. The van der Waals surface area contributed by atoms with Gasteiger partial charge in [-0.2, -0.15) is 0 Å². The Labute approximate surface area is 336 Å². The molecule has 10 rings (SSSR count). The lowest BCUT2D eigenvalue weighted by atomic mass is 9.93. The molecule has 0 unspecified atom stereocenters. The van der Waals surface area contributed by atoms with Crippen molar-refractivity contribution in [3.05, 3.63) is 230 Å². The number of fused-ring (bicyclic) bond motifs is 5. The van der Waals surface area contributed by atoms with Crippen LogP contribution in [-0.2, 0) is 0 Å². The Morgan fingerprint density at radius 1 is 0.241 bits per heavy atom. The third-order valence-electron chi connectivity index (χ3n) is 10.9. The second kappa shape index (κ2) is 14.8. The summed E-state index contributed by atoms with van der Waals surface area (Å²) in [5, 5.41) is 5.91. The van der Waals surface area contributed by atoms with Crippen molar-refractivity contribution in [3.8, 4) is 22.3 Å². The Hall–Kier alpha value is -7.56. The van der Waals surface area contributed by atoms with E-state index >= 15 is 8.78 Å². The Morgan fingerprint density at radius 2 is 0.569 bits per heavy atom. The number of para-hydroxylation sites is 2. The predicted octanol–water partition coefficient (Wildman–Crippen LogP) is 15.7. The Morgan fingerprint density at radius 3 is 0.931 bits per heavy atom. The number of rotatable bonds is 8. The minimum atomic E-state index is -0.326. The molecule has 0 amide bonds. The molecule has 10 aromatic rings. The van der Waals surface area contributed by atoms with Gasteiger partial charge in [0.1, 0.15) is 11.6 Å². The van der Waals surface area contributed by atoms with Gasteiger partial charge in [0.2, 0.25) is 0 Å². The SMILES string of the molecule is Fc1cc(-c2ccccc2)ccc1N(c1ccccc1)c1cc2c3ccccc3c(N(c3ccccc3)c3ccc(-c4ccccc4)cc3F)cc2c2ccccc12. The van der Waals surface area contributed by atoms with Crippen LogP contribution in [0.2, 0.25) is 0 Å². The van der Waals surface area contributed by atoms with Gasteiger partial charge >= 0.3 is 0 Å². The average molecular weight is 751 g/mol. The van der Waals surface area contributed by atoms with Crippen molar-refractivity contribution in [2.45, 2.75) is 0 Å². The molecule has 0 spiro atoms. The molecule has 0 saturated heterocycles. The van der Waals surface area contributed by atoms with Crippen molar-refractivity contribution >= 4 is 66.4 Å². The quantitative estimate of drug-likeness (QED) is 0.143. The highest BCUT2D eigenvalue weighted by Gasteiger charge is 2.24. The normalized spacial score (nSPS) is 11.3. The van der Waals surface area contributed by atoms with Gasteiger partial charge in [-0.3, -0.25) is 0 Å². The molecule has 10 aromatic carbocycles. The highest BCUT2D eigenvalue weighted by Crippen LogP contribution is 2.48. The van der Waals surface area contributed by atoms with Crippen molar-refractivity contribution < 1.29 is 8.78 Å². The highest BCUT2D eigenvalue weighted by atomic mass is 19.1. The summed E-state index contributed by atoms with van der Waals surface area (Å²) < 4.78 is 33.3. The van der Waals surface area contributed by atoms with Gasteiger partial charge in [-0.25, -0.2) is 8.78 Å². The smallest absolute Gasteiger partial charge is 0.147 e. The summed E-state index contributed by atoms with van der Waals surface area (Å²) in [6.45, 7) is 0. The fraction of sp³-hybridized carbons (Fsp3) is 0. The molecule has 0 radical (unpaired) electrons. The predicted molar refractivity (Wildman–Crippen MR) is 239 cm³/mol. The van der Waals surface area contributed by atoms with Crippen LogP contribution >= 0.6 is 0 Å². The van der Waals surface area contributed by atoms with Crippen LogP contribution < -0.4 is 9.80 Å². The second-order valence-corrected chi connectivity index (χ2v) is 14.4. The van der Waals surface area contributed by atoms with E-state index in [1.54, 1.807) is 12.1 Å². The van der Waals surface area contributed by atoms with Gasteiger partial charge in [-0.15, -0.1) is 0 Å². The molecule has 0 saturated carbocycles. The topological polar surface area (TPSA) is 6.48 Å². The Bertz CT molecular complexity index is 2870. The fourth-order valence-electron chi connectivity index (χ4n) is 8.25. The van der Waals surface area contributed by atoms with Crippen molar-refractivity contribution in [1.82, 2.24) is 0 Å². The molecule has 4 heteroatoms. The molecule has 276 valence electrons. The third-order valence-corrected chi connectivity index (χ3v) is 10.9. The van der Waals surface area contributed by atoms with E-state index in [-0.39, 0.29) is 11.6 Å². The molecule has 58 heavy (non-hydrogen) atoms. The second-order valence-electron chi connectivity index (χ2n) is 14.4. The Balaban J connectivity index is 1.22. The van der Waals surface area contributed by atoms with Crippen molar-refractivity contribution in [2.75, 3.05) is 9.80 Å². The maximum atomic E-state index is 16.7. The molecule has 2 nitrogen and oxygen atoms in total. The van der Waals surface area contributed by atoms with Crippen molar-refractivity contribution in [2.24, 2.45) is 0 Å². The van der Waals surface area contributed by atoms with Crippen LogP contribution in [0, 0.1) is 11.6 Å². The molecule has 0 aliphatic carbocycles. The van der Waals surface area contributed by atoms with E-state index in [2.05, 4.69) is 36.4 Å². The summed E-state index contributed by atoms with van der Waals surface area (Å²) in [7, 11) is 0. The number of benzene rings is 10. The van der Waals surface area contributed by atoms with Crippen LogP contribution in [0.1, 0.15) is 0 Å². The van der Waals surface area contributed by atoms with Gasteiger partial charge in [0.25, 0.3) is 0 Å². The summed E-state index contributed by atoms with van der Waals surface area (Å²) in [5.74, 6) is -0.651. The first-order chi connectivity index (χ1) is 28.6. The van der Waals surface area contributed by atoms with Crippen LogP contribution in [0.5, 0.6) is 0 Å². The zero-order chi connectivity index (χ0) is 39.0. The lowest BCUT2D eigenvalue weighted by molar-refractivity contribution is 0.629. The molecule has 0 aliphatic rings. The lowest BCUT2D eigenvalue weighted by Crippen LogP contribution is -2.13. The third kappa shape index (κ3) is 6.22. The van der Waals surface area contributed by atoms with Gasteiger partial charge in [0, 0.05) is 22.1 Å². The van der Waals surface area contributed by atoms with Crippen molar-refractivity contribution in [3.63, 3.8) is 0 Å². The minimum absolute atomic E-state index is 0.326. The molecule has 0 aromatic heterocycles. The fourth-order valence-corrected chi connectivity index (χ4v) is 8.25. The summed E-state index contributed by atoms with van der Waals surface area (Å²) in [4.78, 5) is 4.04. The molecule has 0 heterocycles. The zero-order valence-corrected chi connectivity index (χ0v) is 31.4. The molecular formula is C54H36F2N2. The summed E-state index contributed by atoms with van der Waals surface area (Å²) in [6, 6.07) is 71.6. The van der Waals surface area contributed by atoms with Gasteiger partial charge < -0.3 is 9.80 Å².